The van der Waals surface area contributed by atoms with E-state index in [1.165, 1.54) is 6.33 Å². The molecule has 94 valence electrons. The Morgan fingerprint density at radius 3 is 2.67 bits per heavy atom. The van der Waals surface area contributed by atoms with Crippen LogP contribution in [0, 0.1) is 0 Å². The first-order valence-corrected chi connectivity index (χ1v) is 6.04. The molecule has 0 bridgehead atoms. The fourth-order valence-corrected chi connectivity index (χ4v) is 1.75. The fraction of sp³-hybridized carbons (Fsp3) is 0.167. The van der Waals surface area contributed by atoms with Crippen molar-refractivity contribution in [1.29, 1.82) is 0 Å². The smallest absolute Gasteiger partial charge is 0.135 e. The first kappa shape index (κ1) is 12.9. The van der Waals surface area contributed by atoms with Gasteiger partial charge in [-0.05, 0) is 12.1 Å². The van der Waals surface area contributed by atoms with Crippen molar-refractivity contribution in [2.75, 3.05) is 24.3 Å². The standard InChI is InChI=1S/C12H12Cl2N4/c1-18(2)11-6-10(15-7-16-11)17-9-5-3-4-8(13)12(9)14/h3-7H,1-2H3,(H,15,16,17). The third kappa shape index (κ3) is 2.83. The summed E-state index contributed by atoms with van der Waals surface area (Å²) in [7, 11) is 3.83. The van der Waals surface area contributed by atoms with Crippen LogP contribution >= 0.6 is 23.2 Å². The molecule has 18 heavy (non-hydrogen) atoms. The molecule has 1 N–H and O–H groups in total. The van der Waals surface area contributed by atoms with E-state index in [1.807, 2.05) is 37.2 Å². The topological polar surface area (TPSA) is 41.0 Å². The van der Waals surface area contributed by atoms with E-state index in [2.05, 4.69) is 15.3 Å². The van der Waals surface area contributed by atoms with E-state index >= 15 is 0 Å². The molecule has 0 aliphatic rings. The summed E-state index contributed by atoms with van der Waals surface area (Å²) in [6.45, 7) is 0. The number of rotatable bonds is 3. The molecular formula is C12H12Cl2N4. The minimum atomic E-state index is 0.476. The average Bonchev–Trinajstić information content (AvgIpc) is 2.35. The molecule has 0 saturated heterocycles. The van der Waals surface area contributed by atoms with Crippen molar-refractivity contribution in [3.63, 3.8) is 0 Å². The molecule has 6 heteroatoms. The Labute approximate surface area is 116 Å². The maximum absolute atomic E-state index is 6.10. The van der Waals surface area contributed by atoms with Gasteiger partial charge in [0.1, 0.15) is 18.0 Å². The maximum atomic E-state index is 6.10. The number of anilines is 3. The zero-order chi connectivity index (χ0) is 13.1. The number of hydrogen-bond donors (Lipinski definition) is 1. The van der Waals surface area contributed by atoms with Crippen molar-refractivity contribution in [2.45, 2.75) is 0 Å². The summed E-state index contributed by atoms with van der Waals surface area (Å²) in [5.74, 6) is 1.48. The Morgan fingerprint density at radius 2 is 1.94 bits per heavy atom. The molecule has 0 spiro atoms. The van der Waals surface area contributed by atoms with Gasteiger partial charge >= 0.3 is 0 Å². The molecule has 0 fully saturated rings. The van der Waals surface area contributed by atoms with Gasteiger partial charge in [0, 0.05) is 20.2 Å². The molecular weight excluding hydrogens is 271 g/mol. The monoisotopic (exact) mass is 282 g/mol. The number of nitrogens with zero attached hydrogens (tertiary/aromatic N) is 3. The molecule has 0 radical (unpaired) electrons. The molecule has 0 atom stereocenters. The van der Waals surface area contributed by atoms with Crippen LogP contribution in [-0.4, -0.2) is 24.1 Å². The SMILES string of the molecule is CN(C)c1cc(Nc2cccc(Cl)c2Cl)ncn1. The molecule has 2 rings (SSSR count). The van der Waals surface area contributed by atoms with Gasteiger partial charge in [-0.1, -0.05) is 29.3 Å². The van der Waals surface area contributed by atoms with Gasteiger partial charge in [-0.2, -0.15) is 0 Å². The molecule has 0 unspecified atom stereocenters. The first-order chi connectivity index (χ1) is 8.58. The normalized spacial score (nSPS) is 10.2. The van der Waals surface area contributed by atoms with Crippen LogP contribution in [0.2, 0.25) is 10.0 Å². The zero-order valence-corrected chi connectivity index (χ0v) is 11.5. The Hall–Kier alpha value is -1.52. The number of nitrogens with one attached hydrogen (secondary N) is 1. The van der Waals surface area contributed by atoms with Gasteiger partial charge in [0.15, 0.2) is 0 Å². The van der Waals surface area contributed by atoms with Crippen LogP contribution in [0.5, 0.6) is 0 Å². The highest BCUT2D eigenvalue weighted by Gasteiger charge is 2.06. The minimum absolute atomic E-state index is 0.476. The summed E-state index contributed by atoms with van der Waals surface area (Å²) in [6.07, 6.45) is 1.50. The Kier molecular flexibility index (Phi) is 3.89. The third-order valence-electron chi connectivity index (χ3n) is 2.33. The lowest BCUT2D eigenvalue weighted by Crippen LogP contribution is -2.11. The molecule has 0 aliphatic carbocycles. The van der Waals surface area contributed by atoms with Crippen LogP contribution in [0.25, 0.3) is 0 Å². The van der Waals surface area contributed by atoms with Gasteiger partial charge < -0.3 is 10.2 Å². The molecule has 4 nitrogen and oxygen atoms in total. The average molecular weight is 283 g/mol. The molecule has 2 aromatic rings. The zero-order valence-electron chi connectivity index (χ0n) is 9.98. The number of aromatic nitrogens is 2. The summed E-state index contributed by atoms with van der Waals surface area (Å²) in [6, 6.07) is 7.23. The highest BCUT2D eigenvalue weighted by Crippen LogP contribution is 2.31. The van der Waals surface area contributed by atoms with E-state index in [0.717, 1.165) is 5.82 Å². The predicted octanol–water partition coefficient (Wildman–Crippen LogP) is 3.59. The molecule has 0 saturated carbocycles. The lowest BCUT2D eigenvalue weighted by molar-refractivity contribution is 1.04. The largest absolute Gasteiger partial charge is 0.363 e. The van der Waals surface area contributed by atoms with E-state index in [4.69, 9.17) is 23.2 Å². The molecule has 1 aromatic heterocycles. The third-order valence-corrected chi connectivity index (χ3v) is 3.14. The second kappa shape index (κ2) is 5.42. The summed E-state index contributed by atoms with van der Waals surface area (Å²) in [5, 5.41) is 4.09. The van der Waals surface area contributed by atoms with Crippen LogP contribution in [0.15, 0.2) is 30.6 Å². The van der Waals surface area contributed by atoms with Crippen LogP contribution in [-0.2, 0) is 0 Å². The van der Waals surface area contributed by atoms with Crippen LogP contribution in [0.3, 0.4) is 0 Å². The fourth-order valence-electron chi connectivity index (χ4n) is 1.40. The second-order valence-electron chi connectivity index (χ2n) is 3.88. The molecule has 1 heterocycles. The summed E-state index contributed by atoms with van der Waals surface area (Å²) in [4.78, 5) is 10.2. The van der Waals surface area contributed by atoms with Crippen LogP contribution in [0.1, 0.15) is 0 Å². The Morgan fingerprint density at radius 1 is 1.17 bits per heavy atom. The van der Waals surface area contributed by atoms with Gasteiger partial charge in [0.25, 0.3) is 0 Å². The summed E-state index contributed by atoms with van der Waals surface area (Å²) in [5.41, 5.74) is 0.715. The number of halogens is 2. The Balaban J connectivity index is 2.28. The van der Waals surface area contributed by atoms with E-state index in [9.17, 15) is 0 Å². The minimum Gasteiger partial charge on any atom is -0.363 e. The molecule has 1 aromatic carbocycles. The lowest BCUT2D eigenvalue weighted by atomic mass is 10.3. The van der Waals surface area contributed by atoms with Crippen molar-refractivity contribution in [3.05, 3.63) is 40.6 Å². The van der Waals surface area contributed by atoms with Crippen molar-refractivity contribution < 1.29 is 0 Å². The number of hydrogen-bond acceptors (Lipinski definition) is 4. The van der Waals surface area contributed by atoms with Gasteiger partial charge in [0.05, 0.1) is 15.7 Å². The van der Waals surface area contributed by atoms with Gasteiger partial charge in [-0.25, -0.2) is 9.97 Å². The second-order valence-corrected chi connectivity index (χ2v) is 4.67. The summed E-state index contributed by atoms with van der Waals surface area (Å²) < 4.78 is 0. The molecule has 0 amide bonds. The van der Waals surface area contributed by atoms with Crippen LogP contribution < -0.4 is 10.2 Å². The molecule has 0 aliphatic heterocycles. The van der Waals surface area contributed by atoms with Crippen molar-refractivity contribution >= 4 is 40.5 Å². The predicted molar refractivity (Wildman–Crippen MR) is 76.1 cm³/mol. The van der Waals surface area contributed by atoms with E-state index in [-0.39, 0.29) is 0 Å². The van der Waals surface area contributed by atoms with Gasteiger partial charge in [-0.15, -0.1) is 0 Å². The van der Waals surface area contributed by atoms with Crippen molar-refractivity contribution in [2.24, 2.45) is 0 Å². The summed E-state index contributed by atoms with van der Waals surface area (Å²) >= 11 is 12.0. The van der Waals surface area contributed by atoms with E-state index < -0.39 is 0 Å². The lowest BCUT2D eigenvalue weighted by Gasteiger charge is -2.13. The number of benzene rings is 1. The highest BCUT2D eigenvalue weighted by atomic mass is 35.5. The first-order valence-electron chi connectivity index (χ1n) is 5.28. The van der Waals surface area contributed by atoms with Crippen molar-refractivity contribution in [3.8, 4) is 0 Å². The van der Waals surface area contributed by atoms with Gasteiger partial charge in [-0.3, -0.25) is 0 Å². The van der Waals surface area contributed by atoms with E-state index in [0.29, 0.717) is 21.6 Å². The van der Waals surface area contributed by atoms with E-state index in [1.54, 1.807) is 6.07 Å². The van der Waals surface area contributed by atoms with Gasteiger partial charge in [0.2, 0.25) is 0 Å². The van der Waals surface area contributed by atoms with Crippen LogP contribution in [0.4, 0.5) is 17.3 Å². The van der Waals surface area contributed by atoms with Crippen molar-refractivity contribution in [1.82, 2.24) is 9.97 Å². The Bertz CT molecular complexity index is 558. The quantitative estimate of drug-likeness (QED) is 0.934. The highest BCUT2D eigenvalue weighted by molar-refractivity contribution is 6.43. The maximum Gasteiger partial charge on any atom is 0.135 e.